The quantitative estimate of drug-likeness (QED) is 0.823. The van der Waals surface area contributed by atoms with E-state index in [9.17, 15) is 4.79 Å². The van der Waals surface area contributed by atoms with Crippen LogP contribution in [0, 0.1) is 6.92 Å². The zero-order valence-corrected chi connectivity index (χ0v) is 13.0. The Balaban J connectivity index is 1.93. The first-order valence-corrected chi connectivity index (χ1v) is 7.50. The summed E-state index contributed by atoms with van der Waals surface area (Å²) in [6, 6.07) is 13.8. The minimum atomic E-state index is 0.0508. The van der Waals surface area contributed by atoms with Crippen LogP contribution in [0.25, 0.3) is 0 Å². The van der Waals surface area contributed by atoms with E-state index >= 15 is 0 Å². The highest BCUT2D eigenvalue weighted by Gasteiger charge is 2.23. The smallest absolute Gasteiger partial charge is 0.254 e. The largest absolute Gasteiger partial charge is 0.399 e. The number of fused-ring (bicyclic) bond motifs is 1. The minimum absolute atomic E-state index is 0.0508. The molecular formula is C18H21N3O. The van der Waals surface area contributed by atoms with E-state index in [1.165, 1.54) is 11.3 Å². The molecule has 0 saturated carbocycles. The Morgan fingerprint density at radius 2 is 1.91 bits per heavy atom. The van der Waals surface area contributed by atoms with Crippen molar-refractivity contribution in [2.24, 2.45) is 0 Å². The zero-order valence-electron chi connectivity index (χ0n) is 13.0. The Kier molecular flexibility index (Phi) is 3.75. The normalized spacial score (nSPS) is 14.5. The van der Waals surface area contributed by atoms with Crippen molar-refractivity contribution in [2.45, 2.75) is 13.5 Å². The van der Waals surface area contributed by atoms with Crippen LogP contribution in [0.1, 0.15) is 21.5 Å². The molecule has 1 aliphatic heterocycles. The third kappa shape index (κ3) is 2.64. The molecule has 2 N–H and O–H groups in total. The van der Waals surface area contributed by atoms with Crippen molar-refractivity contribution in [2.75, 3.05) is 30.8 Å². The van der Waals surface area contributed by atoms with Crippen LogP contribution in [0.4, 0.5) is 11.4 Å². The summed E-state index contributed by atoms with van der Waals surface area (Å²) in [6.45, 7) is 4.11. The monoisotopic (exact) mass is 295 g/mol. The van der Waals surface area contributed by atoms with E-state index in [4.69, 9.17) is 5.73 Å². The average Bonchev–Trinajstić information content (AvgIpc) is 2.69. The van der Waals surface area contributed by atoms with E-state index in [2.05, 4.69) is 24.1 Å². The average molecular weight is 295 g/mol. The molecular weight excluding hydrogens is 274 g/mol. The van der Waals surface area contributed by atoms with E-state index in [1.807, 2.05) is 36.1 Å². The molecule has 0 radical (unpaired) electrons. The highest BCUT2D eigenvalue weighted by atomic mass is 16.2. The minimum Gasteiger partial charge on any atom is -0.399 e. The summed E-state index contributed by atoms with van der Waals surface area (Å²) in [7, 11) is 2.07. The number of nitrogens with zero attached hydrogens (tertiary/aromatic N) is 2. The third-order valence-electron chi connectivity index (χ3n) is 4.25. The topological polar surface area (TPSA) is 49.6 Å². The summed E-state index contributed by atoms with van der Waals surface area (Å²) in [4.78, 5) is 17.0. The summed E-state index contributed by atoms with van der Waals surface area (Å²) < 4.78 is 0. The highest BCUT2D eigenvalue weighted by Crippen LogP contribution is 2.25. The number of carbonyl (C=O) groups is 1. The first-order chi connectivity index (χ1) is 10.6. The van der Waals surface area contributed by atoms with Gasteiger partial charge in [-0.1, -0.05) is 24.3 Å². The summed E-state index contributed by atoms with van der Waals surface area (Å²) in [5.74, 6) is 0.0508. The number of nitrogen functional groups attached to an aromatic ring is 1. The number of amides is 1. The van der Waals surface area contributed by atoms with Gasteiger partial charge in [0.1, 0.15) is 0 Å². The molecule has 0 aliphatic carbocycles. The van der Waals surface area contributed by atoms with Crippen molar-refractivity contribution in [3.63, 3.8) is 0 Å². The Labute approximate surface area is 131 Å². The lowest BCUT2D eigenvalue weighted by Crippen LogP contribution is -2.34. The number of aryl methyl sites for hydroxylation is 1. The van der Waals surface area contributed by atoms with Gasteiger partial charge in [0.05, 0.1) is 0 Å². The van der Waals surface area contributed by atoms with Gasteiger partial charge in [-0.25, -0.2) is 0 Å². The number of carbonyl (C=O) groups excluding carboxylic acids is 1. The number of anilines is 2. The van der Waals surface area contributed by atoms with Crippen LogP contribution in [-0.4, -0.2) is 30.9 Å². The van der Waals surface area contributed by atoms with E-state index in [0.717, 1.165) is 12.1 Å². The van der Waals surface area contributed by atoms with Gasteiger partial charge in [0.25, 0.3) is 5.91 Å². The van der Waals surface area contributed by atoms with Crippen molar-refractivity contribution < 1.29 is 4.79 Å². The Morgan fingerprint density at radius 1 is 1.14 bits per heavy atom. The van der Waals surface area contributed by atoms with Crippen LogP contribution in [0.5, 0.6) is 0 Å². The summed E-state index contributed by atoms with van der Waals surface area (Å²) in [5, 5.41) is 0. The van der Waals surface area contributed by atoms with Crippen LogP contribution in [0.15, 0.2) is 42.5 Å². The van der Waals surface area contributed by atoms with Gasteiger partial charge in [0, 0.05) is 43.6 Å². The number of hydrogen-bond donors (Lipinski definition) is 1. The molecule has 0 aromatic heterocycles. The van der Waals surface area contributed by atoms with E-state index in [1.54, 1.807) is 6.07 Å². The van der Waals surface area contributed by atoms with Crippen LogP contribution >= 0.6 is 0 Å². The molecule has 22 heavy (non-hydrogen) atoms. The van der Waals surface area contributed by atoms with Gasteiger partial charge in [-0.2, -0.15) is 0 Å². The maximum atomic E-state index is 12.9. The van der Waals surface area contributed by atoms with Gasteiger partial charge >= 0.3 is 0 Å². The lowest BCUT2D eigenvalue weighted by molar-refractivity contribution is 0.0751. The van der Waals surface area contributed by atoms with Gasteiger partial charge in [0.2, 0.25) is 0 Å². The van der Waals surface area contributed by atoms with Crippen LogP contribution in [0.3, 0.4) is 0 Å². The van der Waals surface area contributed by atoms with Crippen molar-refractivity contribution in [1.82, 2.24) is 4.90 Å². The molecule has 114 valence electrons. The molecule has 0 bridgehead atoms. The van der Waals surface area contributed by atoms with Gasteiger partial charge < -0.3 is 15.5 Å². The highest BCUT2D eigenvalue weighted by molar-refractivity contribution is 5.96. The summed E-state index contributed by atoms with van der Waals surface area (Å²) in [5.41, 5.74) is 10.5. The molecule has 0 unspecified atom stereocenters. The Hall–Kier alpha value is -2.49. The Morgan fingerprint density at radius 3 is 2.73 bits per heavy atom. The molecule has 4 heteroatoms. The lowest BCUT2D eigenvalue weighted by Gasteiger charge is -2.22. The molecule has 2 aromatic rings. The molecule has 0 spiro atoms. The fourth-order valence-corrected chi connectivity index (χ4v) is 2.91. The number of rotatable bonds is 1. The fraction of sp³-hybridized carbons (Fsp3) is 0.278. The Bertz CT molecular complexity index is 711. The molecule has 3 rings (SSSR count). The molecule has 0 atom stereocenters. The van der Waals surface area contributed by atoms with Crippen molar-refractivity contribution in [3.8, 4) is 0 Å². The SMILES string of the molecule is Cc1ccc(N)cc1C(=O)N1CCN(C)c2ccccc2C1. The van der Waals surface area contributed by atoms with E-state index in [-0.39, 0.29) is 5.91 Å². The predicted octanol–water partition coefficient (Wildman–Crippen LogP) is 2.67. The standard InChI is InChI=1S/C18H21N3O/c1-13-7-8-15(19)11-16(13)18(22)21-10-9-20(2)17-6-4-3-5-14(17)12-21/h3-8,11H,9-10,12,19H2,1-2H3. The second-order valence-electron chi connectivity index (χ2n) is 5.85. The summed E-state index contributed by atoms with van der Waals surface area (Å²) >= 11 is 0. The number of likely N-dealkylation sites (N-methyl/N-ethyl adjacent to an activating group) is 1. The molecule has 0 fully saturated rings. The molecule has 1 amide bonds. The number of nitrogens with two attached hydrogens (primary N) is 1. The van der Waals surface area contributed by atoms with Crippen molar-refractivity contribution in [1.29, 1.82) is 0 Å². The number of benzene rings is 2. The second kappa shape index (κ2) is 5.72. The maximum Gasteiger partial charge on any atom is 0.254 e. The zero-order chi connectivity index (χ0) is 15.7. The van der Waals surface area contributed by atoms with Gasteiger partial charge in [-0.05, 0) is 36.2 Å². The van der Waals surface area contributed by atoms with Crippen LogP contribution < -0.4 is 10.6 Å². The van der Waals surface area contributed by atoms with Gasteiger partial charge in [-0.3, -0.25) is 4.79 Å². The second-order valence-corrected chi connectivity index (χ2v) is 5.85. The first-order valence-electron chi connectivity index (χ1n) is 7.50. The molecule has 2 aromatic carbocycles. The van der Waals surface area contributed by atoms with Crippen molar-refractivity contribution in [3.05, 3.63) is 59.2 Å². The van der Waals surface area contributed by atoms with Crippen LogP contribution in [0.2, 0.25) is 0 Å². The first kappa shape index (κ1) is 14.4. The number of hydrogen-bond acceptors (Lipinski definition) is 3. The third-order valence-corrected chi connectivity index (χ3v) is 4.25. The summed E-state index contributed by atoms with van der Waals surface area (Å²) in [6.07, 6.45) is 0. The van der Waals surface area contributed by atoms with Gasteiger partial charge in [0.15, 0.2) is 0 Å². The van der Waals surface area contributed by atoms with Crippen molar-refractivity contribution >= 4 is 17.3 Å². The fourth-order valence-electron chi connectivity index (χ4n) is 2.91. The predicted molar refractivity (Wildman–Crippen MR) is 90.0 cm³/mol. The molecule has 1 heterocycles. The maximum absolute atomic E-state index is 12.9. The van der Waals surface area contributed by atoms with Gasteiger partial charge in [-0.15, -0.1) is 0 Å². The number of para-hydroxylation sites is 1. The van der Waals surface area contributed by atoms with Crippen LogP contribution in [-0.2, 0) is 6.54 Å². The van der Waals surface area contributed by atoms with E-state index in [0.29, 0.717) is 24.3 Å². The molecule has 4 nitrogen and oxygen atoms in total. The molecule has 1 aliphatic rings. The molecule has 0 saturated heterocycles. The van der Waals surface area contributed by atoms with E-state index < -0.39 is 0 Å². The lowest BCUT2D eigenvalue weighted by atomic mass is 10.1.